The largest absolute Gasteiger partial charge is 0.377 e. The number of amides is 4. The topological polar surface area (TPSA) is 69.7 Å². The number of barbiturate groups is 1. The van der Waals surface area contributed by atoms with E-state index in [-0.39, 0.29) is 11.3 Å². The summed E-state index contributed by atoms with van der Waals surface area (Å²) in [6, 6.07) is 9.33. The van der Waals surface area contributed by atoms with Gasteiger partial charge in [0, 0.05) is 18.6 Å². The van der Waals surface area contributed by atoms with Gasteiger partial charge in [0.05, 0.1) is 11.4 Å². The van der Waals surface area contributed by atoms with Gasteiger partial charge in [-0.2, -0.15) is 0 Å². The normalized spacial score (nSPS) is 15.9. The summed E-state index contributed by atoms with van der Waals surface area (Å²) in [7, 11) is 3.78. The molecular formula is C19H15BrFN3O3. The molecule has 3 rings (SSSR count). The van der Waals surface area contributed by atoms with Crippen molar-refractivity contribution >= 4 is 51.2 Å². The van der Waals surface area contributed by atoms with Crippen molar-refractivity contribution < 1.29 is 18.8 Å². The zero-order valence-corrected chi connectivity index (χ0v) is 16.1. The van der Waals surface area contributed by atoms with Crippen molar-refractivity contribution in [2.45, 2.75) is 0 Å². The zero-order chi connectivity index (χ0) is 19.7. The van der Waals surface area contributed by atoms with Crippen molar-refractivity contribution in [2.24, 2.45) is 0 Å². The van der Waals surface area contributed by atoms with Crippen LogP contribution in [0, 0.1) is 5.82 Å². The Morgan fingerprint density at radius 2 is 1.74 bits per heavy atom. The van der Waals surface area contributed by atoms with Crippen LogP contribution in [0.15, 0.2) is 52.5 Å². The van der Waals surface area contributed by atoms with E-state index in [2.05, 4.69) is 21.2 Å². The Balaban J connectivity index is 1.99. The molecule has 0 radical (unpaired) electrons. The van der Waals surface area contributed by atoms with Crippen molar-refractivity contribution in [1.29, 1.82) is 0 Å². The molecule has 1 aliphatic rings. The van der Waals surface area contributed by atoms with Crippen LogP contribution in [0.4, 0.5) is 20.6 Å². The van der Waals surface area contributed by atoms with Crippen LogP contribution in [-0.2, 0) is 9.59 Å². The molecule has 2 aromatic carbocycles. The van der Waals surface area contributed by atoms with E-state index in [1.807, 2.05) is 25.1 Å². The number of hydrogen-bond acceptors (Lipinski definition) is 4. The fourth-order valence-corrected chi connectivity index (χ4v) is 3.38. The van der Waals surface area contributed by atoms with Gasteiger partial charge in [-0.25, -0.2) is 14.1 Å². The summed E-state index contributed by atoms with van der Waals surface area (Å²) in [6.07, 6.45) is 1.41. The third-order valence-corrected chi connectivity index (χ3v) is 4.59. The number of carbonyl (C=O) groups excluding carboxylic acids is 3. The first-order chi connectivity index (χ1) is 12.8. The number of carbonyl (C=O) groups is 3. The number of halogens is 2. The lowest BCUT2D eigenvalue weighted by atomic mass is 10.1. The monoisotopic (exact) mass is 431 g/mol. The fourth-order valence-electron chi connectivity index (χ4n) is 2.62. The van der Waals surface area contributed by atoms with Gasteiger partial charge in [-0.3, -0.25) is 14.9 Å². The molecule has 0 unspecified atom stereocenters. The molecule has 138 valence electrons. The predicted molar refractivity (Wildman–Crippen MR) is 104 cm³/mol. The molecule has 1 heterocycles. The first kappa shape index (κ1) is 18.8. The Hall–Kier alpha value is -3.00. The van der Waals surface area contributed by atoms with Crippen molar-refractivity contribution in [2.75, 3.05) is 23.9 Å². The van der Waals surface area contributed by atoms with Crippen LogP contribution in [0.25, 0.3) is 6.08 Å². The molecule has 0 aromatic heterocycles. The molecule has 6 nitrogen and oxygen atoms in total. The van der Waals surface area contributed by atoms with E-state index in [0.717, 1.165) is 27.2 Å². The van der Waals surface area contributed by atoms with Crippen LogP contribution >= 0.6 is 15.9 Å². The van der Waals surface area contributed by atoms with E-state index in [1.165, 1.54) is 18.2 Å². The molecule has 4 amide bonds. The third kappa shape index (κ3) is 3.75. The number of nitrogens with one attached hydrogen (secondary N) is 1. The molecule has 1 aliphatic heterocycles. The van der Waals surface area contributed by atoms with E-state index in [4.69, 9.17) is 0 Å². The number of nitrogens with zero attached hydrogens (tertiary/aromatic N) is 2. The van der Waals surface area contributed by atoms with Gasteiger partial charge in [0.25, 0.3) is 11.8 Å². The standard InChI is InChI=1S/C19H15BrFN3O3/c1-23(2)16-8-3-11(10-15(16)20)9-14-17(25)22-19(27)24(18(14)26)13-6-4-12(21)5-7-13/h3-10H,1-2H3,(H,22,25,27)/b14-9+. The maximum Gasteiger partial charge on any atom is 0.335 e. The number of anilines is 2. The molecule has 1 fully saturated rings. The van der Waals surface area contributed by atoms with Gasteiger partial charge in [-0.15, -0.1) is 0 Å². The van der Waals surface area contributed by atoms with Crippen molar-refractivity contribution in [3.63, 3.8) is 0 Å². The second kappa shape index (κ2) is 7.32. The first-order valence-corrected chi connectivity index (χ1v) is 8.71. The van der Waals surface area contributed by atoms with E-state index in [1.54, 1.807) is 12.1 Å². The number of benzene rings is 2. The quantitative estimate of drug-likeness (QED) is 0.597. The predicted octanol–water partition coefficient (Wildman–Crippen LogP) is 3.32. The van der Waals surface area contributed by atoms with Gasteiger partial charge in [-0.05, 0) is 64.0 Å². The van der Waals surface area contributed by atoms with Crippen LogP contribution in [0.3, 0.4) is 0 Å². The van der Waals surface area contributed by atoms with Gasteiger partial charge in [0.2, 0.25) is 0 Å². The van der Waals surface area contributed by atoms with Crippen molar-refractivity contribution in [3.8, 4) is 0 Å². The van der Waals surface area contributed by atoms with Gasteiger partial charge < -0.3 is 4.90 Å². The fraction of sp³-hybridized carbons (Fsp3) is 0.105. The average Bonchev–Trinajstić information content (AvgIpc) is 2.60. The van der Waals surface area contributed by atoms with E-state index in [9.17, 15) is 18.8 Å². The average molecular weight is 432 g/mol. The molecule has 1 saturated heterocycles. The molecule has 0 spiro atoms. The highest BCUT2D eigenvalue weighted by Gasteiger charge is 2.36. The minimum absolute atomic E-state index is 0.168. The van der Waals surface area contributed by atoms with Gasteiger partial charge in [-0.1, -0.05) is 6.07 Å². The summed E-state index contributed by atoms with van der Waals surface area (Å²) >= 11 is 3.45. The van der Waals surface area contributed by atoms with E-state index >= 15 is 0 Å². The van der Waals surface area contributed by atoms with Crippen LogP contribution in [0.5, 0.6) is 0 Å². The Kier molecular flexibility index (Phi) is 5.09. The molecule has 2 aromatic rings. The second-order valence-electron chi connectivity index (χ2n) is 6.04. The molecular weight excluding hydrogens is 417 g/mol. The van der Waals surface area contributed by atoms with Crippen LogP contribution < -0.4 is 15.1 Å². The summed E-state index contributed by atoms with van der Waals surface area (Å²) in [5.74, 6) is -2.05. The molecule has 0 saturated carbocycles. The highest BCUT2D eigenvalue weighted by Crippen LogP contribution is 2.28. The van der Waals surface area contributed by atoms with Gasteiger partial charge >= 0.3 is 6.03 Å². The maximum atomic E-state index is 13.1. The Bertz CT molecular complexity index is 971. The highest BCUT2D eigenvalue weighted by molar-refractivity contribution is 9.10. The highest BCUT2D eigenvalue weighted by atomic mass is 79.9. The van der Waals surface area contributed by atoms with Crippen LogP contribution in [-0.4, -0.2) is 31.9 Å². The van der Waals surface area contributed by atoms with Gasteiger partial charge in [0.15, 0.2) is 0 Å². The number of hydrogen-bond donors (Lipinski definition) is 1. The molecule has 0 atom stereocenters. The number of imide groups is 2. The van der Waals surface area contributed by atoms with Crippen molar-refractivity contribution in [3.05, 3.63) is 63.9 Å². The Morgan fingerprint density at radius 1 is 1.07 bits per heavy atom. The summed E-state index contributed by atoms with van der Waals surface area (Å²) in [6.45, 7) is 0. The molecule has 0 bridgehead atoms. The number of urea groups is 1. The molecule has 0 aliphatic carbocycles. The minimum atomic E-state index is -0.877. The summed E-state index contributed by atoms with van der Waals surface area (Å²) in [5.41, 5.74) is 1.52. The van der Waals surface area contributed by atoms with E-state index in [0.29, 0.717) is 5.56 Å². The Labute approximate surface area is 163 Å². The third-order valence-electron chi connectivity index (χ3n) is 3.95. The van der Waals surface area contributed by atoms with Gasteiger partial charge in [0.1, 0.15) is 11.4 Å². The lowest BCUT2D eigenvalue weighted by Crippen LogP contribution is -2.54. The number of rotatable bonds is 3. The summed E-state index contributed by atoms with van der Waals surface area (Å²) in [5, 5.41) is 2.13. The van der Waals surface area contributed by atoms with Crippen molar-refractivity contribution in [1.82, 2.24) is 5.32 Å². The second-order valence-corrected chi connectivity index (χ2v) is 6.89. The molecule has 1 N–H and O–H groups in total. The molecule has 27 heavy (non-hydrogen) atoms. The first-order valence-electron chi connectivity index (χ1n) is 7.92. The Morgan fingerprint density at radius 3 is 2.33 bits per heavy atom. The smallest absolute Gasteiger partial charge is 0.335 e. The van der Waals surface area contributed by atoms with Crippen LogP contribution in [0.2, 0.25) is 0 Å². The lowest BCUT2D eigenvalue weighted by molar-refractivity contribution is -0.122. The van der Waals surface area contributed by atoms with E-state index < -0.39 is 23.7 Å². The SMILES string of the molecule is CN(C)c1ccc(/C=C2\C(=O)NC(=O)N(c3ccc(F)cc3)C2=O)cc1Br. The maximum absolute atomic E-state index is 13.1. The van der Waals surface area contributed by atoms with Crippen LogP contribution in [0.1, 0.15) is 5.56 Å². The minimum Gasteiger partial charge on any atom is -0.377 e. The summed E-state index contributed by atoms with van der Waals surface area (Å²) in [4.78, 5) is 39.8. The zero-order valence-electron chi connectivity index (χ0n) is 14.5. The lowest BCUT2D eigenvalue weighted by Gasteiger charge is -2.26. The molecule has 8 heteroatoms. The summed E-state index contributed by atoms with van der Waals surface area (Å²) < 4.78 is 13.9.